The van der Waals surface area contributed by atoms with Crippen molar-refractivity contribution in [3.05, 3.63) is 77.8 Å². The molecule has 6 nitrogen and oxygen atoms in total. The molecule has 4 rings (SSSR count). The summed E-state index contributed by atoms with van der Waals surface area (Å²) >= 11 is 6.29. The normalized spacial score (nSPS) is 12.1. The van der Waals surface area contributed by atoms with Gasteiger partial charge in [-0.1, -0.05) is 41.9 Å². The SMILES string of the molecule is N[C@H](CNc1nc(-c2ccncc2)nc2c(Cl)nccc12)Cc1ccccc1. The van der Waals surface area contributed by atoms with E-state index in [0.29, 0.717) is 28.9 Å². The maximum absolute atomic E-state index is 6.32. The predicted molar refractivity (Wildman–Crippen MR) is 112 cm³/mol. The number of hydrogen-bond acceptors (Lipinski definition) is 6. The van der Waals surface area contributed by atoms with Crippen molar-refractivity contribution >= 4 is 28.3 Å². The molecule has 0 aliphatic carbocycles. The molecule has 0 unspecified atom stereocenters. The maximum Gasteiger partial charge on any atom is 0.162 e. The van der Waals surface area contributed by atoms with Crippen molar-refractivity contribution in [1.82, 2.24) is 19.9 Å². The number of fused-ring (bicyclic) bond motifs is 1. The third kappa shape index (κ3) is 4.08. The summed E-state index contributed by atoms with van der Waals surface area (Å²) in [4.78, 5) is 17.5. The summed E-state index contributed by atoms with van der Waals surface area (Å²) in [6.07, 6.45) is 5.83. The van der Waals surface area contributed by atoms with Crippen molar-refractivity contribution < 1.29 is 0 Å². The number of pyridine rings is 2. The minimum absolute atomic E-state index is 0.0610. The average molecular weight is 391 g/mol. The van der Waals surface area contributed by atoms with E-state index in [1.807, 2.05) is 36.4 Å². The fourth-order valence-electron chi connectivity index (χ4n) is 3.00. The Bertz CT molecular complexity index is 1070. The molecule has 140 valence electrons. The number of benzene rings is 1. The second kappa shape index (κ2) is 8.29. The van der Waals surface area contributed by atoms with Crippen LogP contribution in [0.3, 0.4) is 0 Å². The molecule has 1 atom stereocenters. The molecule has 0 amide bonds. The topological polar surface area (TPSA) is 89.6 Å². The number of nitrogens with one attached hydrogen (secondary N) is 1. The maximum atomic E-state index is 6.32. The quantitative estimate of drug-likeness (QED) is 0.488. The number of halogens is 1. The zero-order chi connectivity index (χ0) is 19.3. The van der Waals surface area contributed by atoms with E-state index in [2.05, 4.69) is 32.4 Å². The number of nitrogens with two attached hydrogens (primary N) is 1. The largest absolute Gasteiger partial charge is 0.368 e. The van der Waals surface area contributed by atoms with Crippen LogP contribution in [0.1, 0.15) is 5.56 Å². The highest BCUT2D eigenvalue weighted by Crippen LogP contribution is 2.28. The van der Waals surface area contributed by atoms with Crippen LogP contribution in [0, 0.1) is 0 Å². The van der Waals surface area contributed by atoms with Gasteiger partial charge < -0.3 is 11.1 Å². The number of hydrogen-bond donors (Lipinski definition) is 2. The molecule has 0 bridgehead atoms. The summed E-state index contributed by atoms with van der Waals surface area (Å²) in [6, 6.07) is 15.7. The Kier molecular flexibility index (Phi) is 5.41. The van der Waals surface area contributed by atoms with Crippen molar-refractivity contribution in [2.45, 2.75) is 12.5 Å². The second-order valence-electron chi connectivity index (χ2n) is 6.46. The summed E-state index contributed by atoms with van der Waals surface area (Å²) in [5.41, 5.74) is 8.98. The first-order valence-corrected chi connectivity index (χ1v) is 9.34. The molecule has 1 aromatic carbocycles. The van der Waals surface area contributed by atoms with Crippen LogP contribution in [-0.4, -0.2) is 32.5 Å². The lowest BCUT2D eigenvalue weighted by molar-refractivity contribution is 0.698. The van der Waals surface area contributed by atoms with E-state index >= 15 is 0 Å². The highest BCUT2D eigenvalue weighted by Gasteiger charge is 2.13. The first-order chi connectivity index (χ1) is 13.7. The van der Waals surface area contributed by atoms with Crippen LogP contribution in [0.15, 0.2) is 67.1 Å². The van der Waals surface area contributed by atoms with Crippen molar-refractivity contribution in [2.75, 3.05) is 11.9 Å². The Labute approximate surface area is 167 Å². The molecule has 0 saturated heterocycles. The van der Waals surface area contributed by atoms with Gasteiger partial charge in [-0.05, 0) is 30.2 Å². The fourth-order valence-corrected chi connectivity index (χ4v) is 3.20. The molecule has 0 saturated carbocycles. The summed E-state index contributed by atoms with van der Waals surface area (Å²) in [7, 11) is 0. The molecule has 0 aliphatic heterocycles. The van der Waals surface area contributed by atoms with E-state index in [9.17, 15) is 0 Å². The average Bonchev–Trinajstić information content (AvgIpc) is 2.74. The third-order valence-corrected chi connectivity index (χ3v) is 4.66. The molecule has 0 radical (unpaired) electrons. The lowest BCUT2D eigenvalue weighted by Crippen LogP contribution is -2.31. The second-order valence-corrected chi connectivity index (χ2v) is 6.82. The molecular weight excluding hydrogens is 372 g/mol. The molecular formula is C21H19ClN6. The Morgan fingerprint density at radius 3 is 2.54 bits per heavy atom. The van der Waals surface area contributed by atoms with E-state index in [4.69, 9.17) is 22.3 Å². The molecule has 28 heavy (non-hydrogen) atoms. The van der Waals surface area contributed by atoms with E-state index in [0.717, 1.165) is 17.4 Å². The Hall–Kier alpha value is -3.09. The zero-order valence-corrected chi connectivity index (χ0v) is 15.8. The van der Waals surface area contributed by atoms with Gasteiger partial charge in [0.2, 0.25) is 0 Å². The molecule has 0 spiro atoms. The lowest BCUT2D eigenvalue weighted by Gasteiger charge is -2.15. The van der Waals surface area contributed by atoms with Gasteiger partial charge in [-0.3, -0.25) is 4.98 Å². The van der Waals surface area contributed by atoms with Gasteiger partial charge in [0, 0.05) is 42.1 Å². The third-order valence-electron chi connectivity index (χ3n) is 4.38. The summed E-state index contributed by atoms with van der Waals surface area (Å²) in [5, 5.41) is 4.52. The monoisotopic (exact) mass is 390 g/mol. The van der Waals surface area contributed by atoms with Gasteiger partial charge in [0.1, 0.15) is 11.3 Å². The summed E-state index contributed by atoms with van der Waals surface area (Å²) in [5.74, 6) is 1.24. The van der Waals surface area contributed by atoms with Crippen LogP contribution in [0.2, 0.25) is 5.15 Å². The first-order valence-electron chi connectivity index (χ1n) is 8.97. The van der Waals surface area contributed by atoms with Crippen LogP contribution in [0.5, 0.6) is 0 Å². The number of aromatic nitrogens is 4. The van der Waals surface area contributed by atoms with Crippen molar-refractivity contribution in [3.63, 3.8) is 0 Å². The molecule has 3 N–H and O–H groups in total. The Morgan fingerprint density at radius 2 is 1.75 bits per heavy atom. The lowest BCUT2D eigenvalue weighted by atomic mass is 10.1. The molecule has 3 heterocycles. The molecule has 7 heteroatoms. The van der Waals surface area contributed by atoms with Crippen LogP contribution < -0.4 is 11.1 Å². The van der Waals surface area contributed by atoms with Crippen LogP contribution in [-0.2, 0) is 6.42 Å². The van der Waals surface area contributed by atoms with E-state index in [-0.39, 0.29) is 6.04 Å². The van der Waals surface area contributed by atoms with Crippen LogP contribution >= 0.6 is 11.6 Å². The standard InChI is InChI=1S/C21H19ClN6/c22-19-18-17(8-11-25-19)21(28-20(27-18)15-6-9-24-10-7-15)26-13-16(23)12-14-4-2-1-3-5-14/h1-11,16H,12-13,23H2,(H,26,27,28)/t16-/m0/s1. The summed E-state index contributed by atoms with van der Waals surface area (Å²) in [6.45, 7) is 0.566. The van der Waals surface area contributed by atoms with Crippen LogP contribution in [0.25, 0.3) is 22.3 Å². The van der Waals surface area contributed by atoms with Crippen molar-refractivity contribution in [3.8, 4) is 11.4 Å². The van der Waals surface area contributed by atoms with Crippen molar-refractivity contribution in [1.29, 1.82) is 0 Å². The minimum atomic E-state index is -0.0610. The number of anilines is 1. The number of rotatable bonds is 6. The van der Waals surface area contributed by atoms with Gasteiger partial charge in [-0.25, -0.2) is 15.0 Å². The van der Waals surface area contributed by atoms with Crippen molar-refractivity contribution in [2.24, 2.45) is 5.73 Å². The molecule has 3 aromatic heterocycles. The number of nitrogens with zero attached hydrogens (tertiary/aromatic N) is 4. The van der Waals surface area contributed by atoms with E-state index in [1.165, 1.54) is 5.56 Å². The molecule has 0 aliphatic rings. The highest BCUT2D eigenvalue weighted by atomic mass is 35.5. The van der Waals surface area contributed by atoms with Gasteiger partial charge in [0.25, 0.3) is 0 Å². The Balaban J connectivity index is 1.63. The van der Waals surface area contributed by atoms with Gasteiger partial charge >= 0.3 is 0 Å². The predicted octanol–water partition coefficient (Wildman–Crippen LogP) is 3.72. The molecule has 4 aromatic rings. The van der Waals surface area contributed by atoms with Gasteiger partial charge in [-0.15, -0.1) is 0 Å². The highest BCUT2D eigenvalue weighted by molar-refractivity contribution is 6.34. The zero-order valence-electron chi connectivity index (χ0n) is 15.1. The van der Waals surface area contributed by atoms with E-state index in [1.54, 1.807) is 18.6 Å². The van der Waals surface area contributed by atoms with Gasteiger partial charge in [0.05, 0.1) is 0 Å². The summed E-state index contributed by atoms with van der Waals surface area (Å²) < 4.78 is 0. The fraction of sp³-hybridized carbons (Fsp3) is 0.143. The first kappa shape index (κ1) is 18.3. The smallest absolute Gasteiger partial charge is 0.162 e. The van der Waals surface area contributed by atoms with Gasteiger partial charge in [0.15, 0.2) is 11.0 Å². The minimum Gasteiger partial charge on any atom is -0.368 e. The van der Waals surface area contributed by atoms with Crippen LogP contribution in [0.4, 0.5) is 5.82 Å². The van der Waals surface area contributed by atoms with Gasteiger partial charge in [-0.2, -0.15) is 0 Å². The van der Waals surface area contributed by atoms with E-state index < -0.39 is 0 Å². The Morgan fingerprint density at radius 1 is 0.964 bits per heavy atom. The molecule has 0 fully saturated rings.